The molecular weight excluding hydrogens is 456 g/mol. The monoisotopic (exact) mass is 471 g/mol. The van der Waals surface area contributed by atoms with E-state index in [1.54, 1.807) is 54.6 Å². The number of hydrogen-bond acceptors (Lipinski definition) is 4. The largest absolute Gasteiger partial charge is 0.486 e. The first-order chi connectivity index (χ1) is 15.3. The van der Waals surface area contributed by atoms with Crippen molar-refractivity contribution in [2.75, 3.05) is 0 Å². The van der Waals surface area contributed by atoms with Crippen molar-refractivity contribution >= 4 is 46.2 Å². The molecule has 4 rings (SSSR count). The Bertz CT molecular complexity index is 1340. The number of ether oxygens (including phenoxy) is 1. The SMILES string of the molecule is C[C@H](Oc1ccc2ncc(/C=C/C(=O)O)c(-n3ccnc3)c2c1)c1c(Cl)ccc(F)c1Cl. The molecule has 0 aliphatic heterocycles. The molecule has 0 saturated carbocycles. The number of hydrogen-bond donors (Lipinski definition) is 1. The number of halogens is 3. The molecule has 32 heavy (non-hydrogen) atoms. The molecule has 0 bridgehead atoms. The van der Waals surface area contributed by atoms with Crippen LogP contribution in [0.5, 0.6) is 5.75 Å². The summed E-state index contributed by atoms with van der Waals surface area (Å²) in [5.74, 6) is -1.18. The lowest BCUT2D eigenvalue weighted by atomic mass is 10.1. The van der Waals surface area contributed by atoms with Gasteiger partial charge in [-0.2, -0.15) is 0 Å². The predicted molar refractivity (Wildman–Crippen MR) is 121 cm³/mol. The van der Waals surface area contributed by atoms with Crippen molar-refractivity contribution in [3.05, 3.63) is 88.3 Å². The normalized spacial score (nSPS) is 12.4. The van der Waals surface area contributed by atoms with Crippen LogP contribution in [0, 0.1) is 5.82 Å². The molecular formula is C23H16Cl2FN3O3. The molecule has 1 N–H and O–H groups in total. The third kappa shape index (κ3) is 4.30. The highest BCUT2D eigenvalue weighted by molar-refractivity contribution is 6.36. The van der Waals surface area contributed by atoms with Gasteiger partial charge in [0.1, 0.15) is 17.7 Å². The van der Waals surface area contributed by atoms with Crippen LogP contribution in [0.2, 0.25) is 10.0 Å². The lowest BCUT2D eigenvalue weighted by molar-refractivity contribution is -0.131. The van der Waals surface area contributed by atoms with Crippen LogP contribution in [0.25, 0.3) is 22.7 Å². The average molecular weight is 472 g/mol. The molecule has 0 amide bonds. The topological polar surface area (TPSA) is 77.2 Å². The summed E-state index contributed by atoms with van der Waals surface area (Å²) >= 11 is 12.3. The highest BCUT2D eigenvalue weighted by atomic mass is 35.5. The second-order valence-corrected chi connectivity index (χ2v) is 7.68. The summed E-state index contributed by atoms with van der Waals surface area (Å²) in [5.41, 5.74) is 2.28. The zero-order valence-electron chi connectivity index (χ0n) is 16.7. The number of carbonyl (C=O) groups is 1. The number of carboxylic acids is 1. The molecule has 6 nitrogen and oxygen atoms in total. The second-order valence-electron chi connectivity index (χ2n) is 6.90. The van der Waals surface area contributed by atoms with Crippen molar-refractivity contribution < 1.29 is 19.0 Å². The summed E-state index contributed by atoms with van der Waals surface area (Å²) in [6, 6.07) is 7.91. The fourth-order valence-corrected chi connectivity index (χ4v) is 4.07. The highest BCUT2D eigenvalue weighted by Gasteiger charge is 2.19. The van der Waals surface area contributed by atoms with Gasteiger partial charge in [-0.05, 0) is 43.3 Å². The second kappa shape index (κ2) is 8.98. The number of benzene rings is 2. The van der Waals surface area contributed by atoms with Crippen LogP contribution in [0.4, 0.5) is 4.39 Å². The third-order valence-corrected chi connectivity index (χ3v) is 5.52. The van der Waals surface area contributed by atoms with Gasteiger partial charge in [-0.25, -0.2) is 14.2 Å². The van der Waals surface area contributed by atoms with Crippen LogP contribution in [0.3, 0.4) is 0 Å². The summed E-state index contributed by atoms with van der Waals surface area (Å²) in [6.45, 7) is 1.72. The van der Waals surface area contributed by atoms with Crippen LogP contribution in [0.15, 0.2) is 61.3 Å². The van der Waals surface area contributed by atoms with E-state index in [-0.39, 0.29) is 5.02 Å². The molecule has 0 aliphatic rings. The summed E-state index contributed by atoms with van der Waals surface area (Å²) in [5, 5.41) is 9.94. The fraction of sp³-hybridized carbons (Fsp3) is 0.0870. The fourth-order valence-electron chi connectivity index (χ4n) is 3.39. The minimum Gasteiger partial charge on any atom is -0.486 e. The maximum atomic E-state index is 13.9. The van der Waals surface area contributed by atoms with Crippen molar-refractivity contribution in [2.24, 2.45) is 0 Å². The van der Waals surface area contributed by atoms with Crippen molar-refractivity contribution in [1.82, 2.24) is 14.5 Å². The number of fused-ring (bicyclic) bond motifs is 1. The standard InChI is InChI=1S/C23H16Cl2FN3O3/c1-13(21-17(24)4-5-18(26)22(21)25)32-15-3-6-19-16(10-15)23(29-9-8-27-12-29)14(11-28-19)2-7-20(30)31/h2-13H,1H3,(H,30,31)/b7-2+/t13-/m0/s1. The molecule has 0 saturated heterocycles. The van der Waals surface area contributed by atoms with Crippen molar-refractivity contribution in [2.45, 2.75) is 13.0 Å². The highest BCUT2D eigenvalue weighted by Crippen LogP contribution is 2.36. The Balaban J connectivity index is 1.81. The van der Waals surface area contributed by atoms with Gasteiger partial charge in [0, 0.05) is 46.2 Å². The van der Waals surface area contributed by atoms with Gasteiger partial charge >= 0.3 is 5.97 Å². The zero-order valence-corrected chi connectivity index (χ0v) is 18.2. The third-order valence-electron chi connectivity index (χ3n) is 4.81. The first-order valence-corrected chi connectivity index (χ1v) is 10.2. The van der Waals surface area contributed by atoms with E-state index in [4.69, 9.17) is 33.0 Å². The first kappa shape index (κ1) is 21.8. The van der Waals surface area contributed by atoms with Crippen LogP contribution in [-0.2, 0) is 4.79 Å². The van der Waals surface area contributed by atoms with Gasteiger partial charge < -0.3 is 14.4 Å². The van der Waals surface area contributed by atoms with E-state index < -0.39 is 17.9 Å². The number of aromatic nitrogens is 3. The Hall–Kier alpha value is -3.42. The molecule has 1 atom stereocenters. The maximum Gasteiger partial charge on any atom is 0.328 e. The zero-order chi connectivity index (χ0) is 22.8. The van der Waals surface area contributed by atoms with E-state index in [0.29, 0.717) is 38.5 Å². The van der Waals surface area contributed by atoms with Gasteiger partial charge in [-0.1, -0.05) is 23.2 Å². The molecule has 0 fully saturated rings. The van der Waals surface area contributed by atoms with Gasteiger partial charge in [0.15, 0.2) is 0 Å². The Kier molecular flexibility index (Phi) is 6.12. The summed E-state index contributed by atoms with van der Waals surface area (Å²) in [6.07, 6.45) is 8.43. The molecule has 2 aromatic carbocycles. The Morgan fingerprint density at radius 1 is 1.28 bits per heavy atom. The Morgan fingerprint density at radius 2 is 2.09 bits per heavy atom. The van der Waals surface area contributed by atoms with E-state index in [1.165, 1.54) is 18.2 Å². The number of carboxylic acid groups (broad SMARTS) is 1. The molecule has 162 valence electrons. The molecule has 4 aromatic rings. The number of nitrogens with zero attached hydrogens (tertiary/aromatic N) is 3. The molecule has 2 heterocycles. The van der Waals surface area contributed by atoms with Crippen molar-refractivity contribution in [3.8, 4) is 11.4 Å². The molecule has 0 aliphatic carbocycles. The first-order valence-electron chi connectivity index (χ1n) is 9.47. The minimum atomic E-state index is -1.07. The van der Waals surface area contributed by atoms with Crippen LogP contribution >= 0.6 is 23.2 Å². The number of imidazole rings is 1. The van der Waals surface area contributed by atoms with Crippen LogP contribution < -0.4 is 4.74 Å². The van der Waals surface area contributed by atoms with Crippen LogP contribution in [-0.4, -0.2) is 25.6 Å². The van der Waals surface area contributed by atoms with E-state index in [2.05, 4.69) is 9.97 Å². The van der Waals surface area contributed by atoms with E-state index >= 15 is 0 Å². The van der Waals surface area contributed by atoms with E-state index in [9.17, 15) is 9.18 Å². The maximum absolute atomic E-state index is 13.9. The minimum absolute atomic E-state index is 0.0901. The van der Waals surface area contributed by atoms with Crippen molar-refractivity contribution in [3.63, 3.8) is 0 Å². The molecule has 2 aromatic heterocycles. The van der Waals surface area contributed by atoms with E-state index in [1.807, 2.05) is 0 Å². The van der Waals surface area contributed by atoms with Gasteiger partial charge in [-0.3, -0.25) is 4.98 Å². The summed E-state index contributed by atoms with van der Waals surface area (Å²) < 4.78 is 21.7. The van der Waals surface area contributed by atoms with Gasteiger partial charge in [0.25, 0.3) is 0 Å². The Labute approximate surface area is 192 Å². The average Bonchev–Trinajstić information content (AvgIpc) is 3.29. The predicted octanol–water partition coefficient (Wildman–Crippen LogP) is 6.10. The van der Waals surface area contributed by atoms with Gasteiger partial charge in [0.2, 0.25) is 0 Å². The number of pyridine rings is 1. The summed E-state index contributed by atoms with van der Waals surface area (Å²) in [4.78, 5) is 19.5. The lowest BCUT2D eigenvalue weighted by Gasteiger charge is -2.19. The van der Waals surface area contributed by atoms with Crippen LogP contribution in [0.1, 0.15) is 24.2 Å². The quantitative estimate of drug-likeness (QED) is 0.271. The van der Waals surface area contributed by atoms with E-state index in [0.717, 1.165) is 6.08 Å². The van der Waals surface area contributed by atoms with Gasteiger partial charge in [-0.15, -0.1) is 0 Å². The smallest absolute Gasteiger partial charge is 0.328 e. The lowest BCUT2D eigenvalue weighted by Crippen LogP contribution is -2.06. The molecule has 0 radical (unpaired) electrons. The van der Waals surface area contributed by atoms with Gasteiger partial charge in [0.05, 0.1) is 22.6 Å². The summed E-state index contributed by atoms with van der Waals surface area (Å²) in [7, 11) is 0. The molecule has 0 unspecified atom stereocenters. The number of aliphatic carboxylic acids is 1. The van der Waals surface area contributed by atoms with Crippen molar-refractivity contribution in [1.29, 1.82) is 0 Å². The Morgan fingerprint density at radius 3 is 2.81 bits per heavy atom. The molecule has 0 spiro atoms. The molecule has 9 heteroatoms. The number of rotatable bonds is 6.